The largest absolute Gasteiger partial charge is 0.493 e. The van der Waals surface area contributed by atoms with Crippen molar-refractivity contribution in [1.29, 1.82) is 0 Å². The zero-order valence-corrected chi connectivity index (χ0v) is 24.3. The quantitative estimate of drug-likeness (QED) is 0.419. The molecule has 210 valence electrons. The van der Waals surface area contributed by atoms with Gasteiger partial charge in [0.2, 0.25) is 5.91 Å². The maximum Gasteiger partial charge on any atom is 0.222 e. The van der Waals surface area contributed by atoms with Crippen molar-refractivity contribution in [3.05, 3.63) is 35.9 Å². The Kier molecular flexibility index (Phi) is 11.1. The van der Waals surface area contributed by atoms with Crippen molar-refractivity contribution < 1.29 is 23.7 Å². The summed E-state index contributed by atoms with van der Waals surface area (Å²) in [5.41, 5.74) is 2.95. The van der Waals surface area contributed by atoms with E-state index < -0.39 is 0 Å². The average Bonchev–Trinajstić information content (AvgIpc) is 3.15. The number of likely N-dealkylation sites (tertiary alicyclic amines) is 1. The van der Waals surface area contributed by atoms with E-state index in [1.165, 1.54) is 12.8 Å². The molecule has 1 saturated heterocycles. The molecule has 1 amide bonds. The molecule has 0 N–H and O–H groups in total. The number of hydrogen-bond donors (Lipinski definition) is 0. The molecule has 0 radical (unpaired) electrons. The third-order valence-corrected chi connectivity index (χ3v) is 6.81. The molecule has 2 aliphatic heterocycles. The highest BCUT2D eigenvalue weighted by molar-refractivity contribution is 5.77. The number of piperidine rings is 1. The molecule has 0 saturated carbocycles. The first-order valence-corrected chi connectivity index (χ1v) is 14.1. The van der Waals surface area contributed by atoms with Crippen molar-refractivity contribution in [2.24, 2.45) is 5.92 Å². The zero-order valence-electron chi connectivity index (χ0n) is 24.3. The van der Waals surface area contributed by atoms with E-state index in [9.17, 15) is 4.79 Å². The van der Waals surface area contributed by atoms with Crippen LogP contribution in [0.2, 0.25) is 0 Å². The van der Waals surface area contributed by atoms with Crippen LogP contribution >= 0.6 is 0 Å². The number of amides is 1. The minimum atomic E-state index is 0.0512. The van der Waals surface area contributed by atoms with Crippen LogP contribution in [0.4, 0.5) is 0 Å². The van der Waals surface area contributed by atoms with Gasteiger partial charge in [-0.2, -0.15) is 0 Å². The predicted molar refractivity (Wildman–Crippen MR) is 152 cm³/mol. The summed E-state index contributed by atoms with van der Waals surface area (Å²) in [5.74, 6) is 3.50. The highest BCUT2D eigenvalue weighted by Gasteiger charge is 2.25. The number of benzene rings is 2. The predicted octanol–water partition coefficient (Wildman–Crippen LogP) is 6.03. The summed E-state index contributed by atoms with van der Waals surface area (Å²) in [5, 5.41) is 0. The lowest BCUT2D eigenvalue weighted by Crippen LogP contribution is -2.34. The second-order valence-electron chi connectivity index (χ2n) is 10.1. The average molecular weight is 527 g/mol. The van der Waals surface area contributed by atoms with Crippen molar-refractivity contribution in [3.63, 3.8) is 0 Å². The second kappa shape index (κ2) is 14.3. The standard InChI is InChI=1S/C29H40N2O5.C2H6/c1-6-28(32)31-12-13-34-29-24(18-31)14-23(16-27(29)35-19-21-8-7-11-30(4)17-21)22-9-10-25(36-20(2)3)26(15-22)33-5;1-2/h9-10,14-16,20-21H,6-8,11-13,17-19H2,1-5H3;1-2H3. The Morgan fingerprint density at radius 1 is 1.08 bits per heavy atom. The van der Waals surface area contributed by atoms with Gasteiger partial charge in [-0.25, -0.2) is 0 Å². The molecule has 1 fully saturated rings. The van der Waals surface area contributed by atoms with E-state index in [4.69, 9.17) is 18.9 Å². The van der Waals surface area contributed by atoms with E-state index in [0.717, 1.165) is 41.3 Å². The number of ether oxygens (including phenoxy) is 4. The minimum Gasteiger partial charge on any atom is -0.493 e. The molecule has 0 spiro atoms. The van der Waals surface area contributed by atoms with Gasteiger partial charge in [0.15, 0.2) is 23.0 Å². The first-order valence-electron chi connectivity index (χ1n) is 14.1. The maximum atomic E-state index is 12.5. The summed E-state index contributed by atoms with van der Waals surface area (Å²) in [6.07, 6.45) is 2.88. The third-order valence-electron chi connectivity index (χ3n) is 6.81. The number of rotatable bonds is 8. The lowest BCUT2D eigenvalue weighted by atomic mass is 9.99. The summed E-state index contributed by atoms with van der Waals surface area (Å²) < 4.78 is 24.2. The molecule has 7 heteroatoms. The van der Waals surface area contributed by atoms with Gasteiger partial charge in [-0.05, 0) is 75.7 Å². The molecule has 7 nitrogen and oxygen atoms in total. The number of methoxy groups -OCH3 is 1. The number of hydrogen-bond acceptors (Lipinski definition) is 6. The molecule has 2 aliphatic rings. The summed E-state index contributed by atoms with van der Waals surface area (Å²) >= 11 is 0. The Hall–Kier alpha value is -2.93. The Labute approximate surface area is 229 Å². The summed E-state index contributed by atoms with van der Waals surface area (Å²) in [6, 6.07) is 10.1. The Bertz CT molecular complexity index is 1050. The SMILES string of the molecule is CC.CCC(=O)N1CCOc2c(cc(-c3ccc(OC(C)C)c(OC)c3)cc2OCC2CCCN(C)C2)C1. The van der Waals surface area contributed by atoms with Crippen LogP contribution < -0.4 is 18.9 Å². The molecule has 2 heterocycles. The summed E-state index contributed by atoms with van der Waals surface area (Å²) in [6.45, 7) is 14.2. The topological polar surface area (TPSA) is 60.5 Å². The fourth-order valence-corrected chi connectivity index (χ4v) is 5.01. The molecular weight excluding hydrogens is 480 g/mol. The van der Waals surface area contributed by atoms with Gasteiger partial charge in [-0.1, -0.05) is 26.8 Å². The number of carbonyl (C=O) groups is 1. The first-order chi connectivity index (χ1) is 18.4. The molecular formula is C31H46N2O5. The van der Waals surface area contributed by atoms with E-state index in [0.29, 0.717) is 50.1 Å². The van der Waals surface area contributed by atoms with Gasteiger partial charge in [0.1, 0.15) is 6.61 Å². The van der Waals surface area contributed by atoms with Crippen LogP contribution in [0.5, 0.6) is 23.0 Å². The number of fused-ring (bicyclic) bond motifs is 1. The van der Waals surface area contributed by atoms with Crippen LogP contribution in [0.15, 0.2) is 30.3 Å². The van der Waals surface area contributed by atoms with E-state index in [1.54, 1.807) is 7.11 Å². The Morgan fingerprint density at radius 3 is 2.53 bits per heavy atom. The molecule has 4 rings (SSSR count). The van der Waals surface area contributed by atoms with Crippen LogP contribution in [-0.2, 0) is 11.3 Å². The highest BCUT2D eigenvalue weighted by Crippen LogP contribution is 2.41. The van der Waals surface area contributed by atoms with E-state index in [1.807, 2.05) is 57.7 Å². The van der Waals surface area contributed by atoms with Gasteiger partial charge in [-0.3, -0.25) is 4.79 Å². The van der Waals surface area contributed by atoms with Crippen LogP contribution in [-0.4, -0.2) is 68.8 Å². The molecule has 0 bridgehead atoms. The maximum absolute atomic E-state index is 12.5. The van der Waals surface area contributed by atoms with Gasteiger partial charge < -0.3 is 28.7 Å². The van der Waals surface area contributed by atoms with Crippen molar-refractivity contribution in [1.82, 2.24) is 9.80 Å². The fourth-order valence-electron chi connectivity index (χ4n) is 5.01. The Balaban J connectivity index is 0.00000195. The van der Waals surface area contributed by atoms with Crippen molar-refractivity contribution in [2.75, 3.05) is 47.0 Å². The number of carbonyl (C=O) groups excluding carboxylic acids is 1. The van der Waals surface area contributed by atoms with Gasteiger partial charge in [0, 0.05) is 31.0 Å². The van der Waals surface area contributed by atoms with Crippen LogP contribution in [0.1, 0.15) is 59.4 Å². The summed E-state index contributed by atoms with van der Waals surface area (Å²) in [4.78, 5) is 16.8. The van der Waals surface area contributed by atoms with E-state index in [2.05, 4.69) is 24.1 Å². The normalized spacial score (nSPS) is 17.5. The van der Waals surface area contributed by atoms with E-state index in [-0.39, 0.29) is 12.0 Å². The fraction of sp³-hybridized carbons (Fsp3) is 0.581. The lowest BCUT2D eigenvalue weighted by molar-refractivity contribution is -0.131. The molecule has 0 aromatic heterocycles. The van der Waals surface area contributed by atoms with Crippen molar-refractivity contribution in [3.8, 4) is 34.1 Å². The highest BCUT2D eigenvalue weighted by atomic mass is 16.5. The zero-order chi connectivity index (χ0) is 27.7. The second-order valence-corrected chi connectivity index (χ2v) is 10.1. The third kappa shape index (κ3) is 7.56. The van der Waals surface area contributed by atoms with Gasteiger partial charge in [0.25, 0.3) is 0 Å². The van der Waals surface area contributed by atoms with Gasteiger partial charge >= 0.3 is 0 Å². The minimum absolute atomic E-state index is 0.0512. The summed E-state index contributed by atoms with van der Waals surface area (Å²) in [7, 11) is 3.82. The van der Waals surface area contributed by atoms with Crippen molar-refractivity contribution >= 4 is 5.91 Å². The monoisotopic (exact) mass is 526 g/mol. The lowest BCUT2D eigenvalue weighted by Gasteiger charge is -2.29. The van der Waals surface area contributed by atoms with Gasteiger partial charge in [-0.15, -0.1) is 0 Å². The molecule has 2 aromatic rings. The molecule has 2 aromatic carbocycles. The van der Waals surface area contributed by atoms with Crippen LogP contribution in [0.3, 0.4) is 0 Å². The van der Waals surface area contributed by atoms with E-state index >= 15 is 0 Å². The first kappa shape index (κ1) is 29.6. The molecule has 38 heavy (non-hydrogen) atoms. The van der Waals surface area contributed by atoms with Crippen molar-refractivity contribution in [2.45, 2.75) is 66.5 Å². The smallest absolute Gasteiger partial charge is 0.222 e. The van der Waals surface area contributed by atoms with Gasteiger partial charge in [0.05, 0.1) is 26.4 Å². The van der Waals surface area contributed by atoms with Crippen LogP contribution in [0.25, 0.3) is 11.1 Å². The molecule has 0 aliphatic carbocycles. The Morgan fingerprint density at radius 2 is 1.84 bits per heavy atom. The molecule has 1 atom stereocenters. The van der Waals surface area contributed by atoms with Crippen LogP contribution in [0, 0.1) is 5.92 Å². The molecule has 1 unspecified atom stereocenters. The number of nitrogens with zero attached hydrogens (tertiary/aromatic N) is 2.